The van der Waals surface area contributed by atoms with Crippen molar-refractivity contribution in [2.75, 3.05) is 66.5 Å². The standard InChI is InChI=1S/C24H36N6O3/c1-28-13-15-29(16-14-28)12-4-10-25-24(31)20-5-3-11-30(17-20)18-22-26-23(27-33-22)19-6-8-21(32-2)9-7-19/h6-9,20H,3-5,10-18H2,1-2H3,(H,25,31). The van der Waals surface area contributed by atoms with Crippen molar-refractivity contribution in [2.45, 2.75) is 25.8 Å². The number of benzene rings is 1. The Morgan fingerprint density at radius 3 is 2.70 bits per heavy atom. The fourth-order valence-electron chi connectivity index (χ4n) is 4.51. The Bertz CT molecular complexity index is 879. The molecule has 33 heavy (non-hydrogen) atoms. The number of likely N-dealkylation sites (N-methyl/N-ethyl adjacent to an activating group) is 1. The number of hydrogen-bond donors (Lipinski definition) is 1. The maximum atomic E-state index is 12.7. The molecule has 0 spiro atoms. The van der Waals surface area contributed by atoms with Gasteiger partial charge in [0.25, 0.3) is 0 Å². The molecule has 0 radical (unpaired) electrons. The van der Waals surface area contributed by atoms with Gasteiger partial charge in [0.05, 0.1) is 19.6 Å². The SMILES string of the molecule is COc1ccc(-c2noc(CN3CCCC(C(=O)NCCCN4CCN(C)CC4)C3)n2)cc1. The molecule has 1 aromatic carbocycles. The zero-order chi connectivity index (χ0) is 23.0. The molecule has 0 saturated carbocycles. The molecule has 2 aliphatic rings. The molecule has 1 atom stereocenters. The van der Waals surface area contributed by atoms with Gasteiger partial charge in [-0.1, -0.05) is 5.16 Å². The number of nitrogens with one attached hydrogen (secondary N) is 1. The fourth-order valence-corrected chi connectivity index (χ4v) is 4.51. The van der Waals surface area contributed by atoms with E-state index < -0.39 is 0 Å². The number of carbonyl (C=O) groups is 1. The van der Waals surface area contributed by atoms with E-state index in [9.17, 15) is 4.79 Å². The molecule has 3 heterocycles. The third kappa shape index (κ3) is 6.75. The van der Waals surface area contributed by atoms with Crippen molar-refractivity contribution >= 4 is 5.91 Å². The van der Waals surface area contributed by atoms with Crippen LogP contribution in [0.15, 0.2) is 28.8 Å². The first kappa shape index (κ1) is 23.7. The molecule has 0 aliphatic carbocycles. The number of likely N-dealkylation sites (tertiary alicyclic amines) is 1. The van der Waals surface area contributed by atoms with Crippen LogP contribution >= 0.6 is 0 Å². The van der Waals surface area contributed by atoms with Gasteiger partial charge in [0.2, 0.25) is 17.6 Å². The van der Waals surface area contributed by atoms with E-state index in [4.69, 9.17) is 9.26 Å². The van der Waals surface area contributed by atoms with Crippen molar-refractivity contribution in [1.82, 2.24) is 30.2 Å². The van der Waals surface area contributed by atoms with Crippen LogP contribution in [0.4, 0.5) is 0 Å². The quantitative estimate of drug-likeness (QED) is 0.571. The van der Waals surface area contributed by atoms with Crippen molar-refractivity contribution in [3.8, 4) is 17.1 Å². The highest BCUT2D eigenvalue weighted by molar-refractivity contribution is 5.78. The summed E-state index contributed by atoms with van der Waals surface area (Å²) in [6.45, 7) is 8.54. The lowest BCUT2D eigenvalue weighted by atomic mass is 9.97. The number of hydrogen-bond acceptors (Lipinski definition) is 8. The van der Waals surface area contributed by atoms with Gasteiger partial charge in [-0.05, 0) is 63.7 Å². The van der Waals surface area contributed by atoms with E-state index in [0.29, 0.717) is 18.3 Å². The first-order valence-electron chi connectivity index (χ1n) is 12.0. The largest absolute Gasteiger partial charge is 0.497 e. The first-order valence-corrected chi connectivity index (χ1v) is 12.0. The zero-order valence-electron chi connectivity index (χ0n) is 19.8. The summed E-state index contributed by atoms with van der Waals surface area (Å²) in [4.78, 5) is 24.3. The van der Waals surface area contributed by atoms with Crippen molar-refractivity contribution in [3.63, 3.8) is 0 Å². The lowest BCUT2D eigenvalue weighted by Crippen LogP contribution is -2.45. The van der Waals surface area contributed by atoms with Gasteiger partial charge in [0.15, 0.2) is 0 Å². The number of methoxy groups -OCH3 is 1. The molecule has 1 aromatic heterocycles. The molecule has 1 amide bonds. The smallest absolute Gasteiger partial charge is 0.241 e. The molecule has 9 heteroatoms. The Balaban J connectivity index is 1.20. The highest BCUT2D eigenvalue weighted by Gasteiger charge is 2.27. The van der Waals surface area contributed by atoms with Gasteiger partial charge >= 0.3 is 0 Å². The molecule has 2 aromatic rings. The van der Waals surface area contributed by atoms with Gasteiger partial charge in [-0.25, -0.2) is 0 Å². The Kier molecular flexibility index (Phi) is 8.30. The topological polar surface area (TPSA) is 87.0 Å². The molecule has 180 valence electrons. The highest BCUT2D eigenvalue weighted by atomic mass is 16.5. The number of aromatic nitrogens is 2. The van der Waals surface area contributed by atoms with E-state index in [1.165, 1.54) is 0 Å². The van der Waals surface area contributed by atoms with Gasteiger partial charge in [0.1, 0.15) is 5.75 Å². The normalized spacial score (nSPS) is 20.6. The Hall–Kier alpha value is -2.49. The van der Waals surface area contributed by atoms with E-state index in [1.54, 1.807) is 7.11 Å². The van der Waals surface area contributed by atoms with Crippen molar-refractivity contribution in [3.05, 3.63) is 30.2 Å². The minimum absolute atomic E-state index is 0.0198. The van der Waals surface area contributed by atoms with E-state index in [0.717, 1.165) is 82.9 Å². The van der Waals surface area contributed by atoms with Gasteiger partial charge in [-0.3, -0.25) is 9.69 Å². The van der Waals surface area contributed by atoms with Crippen molar-refractivity contribution in [1.29, 1.82) is 0 Å². The van der Waals surface area contributed by atoms with Crippen molar-refractivity contribution < 1.29 is 14.1 Å². The molecule has 2 saturated heterocycles. The zero-order valence-corrected chi connectivity index (χ0v) is 19.8. The lowest BCUT2D eigenvalue weighted by Gasteiger charge is -2.32. The Morgan fingerprint density at radius 1 is 1.15 bits per heavy atom. The second-order valence-electron chi connectivity index (χ2n) is 9.10. The number of carbonyl (C=O) groups excluding carboxylic acids is 1. The maximum absolute atomic E-state index is 12.7. The predicted molar refractivity (Wildman–Crippen MR) is 126 cm³/mol. The number of piperidine rings is 1. The second kappa shape index (κ2) is 11.6. The molecule has 2 aliphatic heterocycles. The Morgan fingerprint density at radius 2 is 1.94 bits per heavy atom. The average molecular weight is 457 g/mol. The van der Waals surface area contributed by atoms with Gasteiger partial charge in [-0.15, -0.1) is 0 Å². The van der Waals surface area contributed by atoms with Crippen molar-refractivity contribution in [2.24, 2.45) is 5.92 Å². The summed E-state index contributed by atoms with van der Waals surface area (Å²) in [6.07, 6.45) is 2.93. The molecular weight excluding hydrogens is 420 g/mol. The van der Waals surface area contributed by atoms with Gasteiger partial charge in [-0.2, -0.15) is 4.98 Å². The summed E-state index contributed by atoms with van der Waals surface area (Å²) in [7, 11) is 3.81. The number of rotatable bonds is 9. The first-order chi connectivity index (χ1) is 16.1. The van der Waals surface area contributed by atoms with Crippen LogP contribution in [-0.4, -0.2) is 97.3 Å². The van der Waals surface area contributed by atoms with Crippen LogP contribution in [-0.2, 0) is 11.3 Å². The number of nitrogens with zero attached hydrogens (tertiary/aromatic N) is 5. The summed E-state index contributed by atoms with van der Waals surface area (Å²) in [5.74, 6) is 2.13. The van der Waals surface area contributed by atoms with E-state index in [-0.39, 0.29) is 11.8 Å². The second-order valence-corrected chi connectivity index (χ2v) is 9.10. The minimum Gasteiger partial charge on any atom is -0.497 e. The predicted octanol–water partition coefficient (Wildman–Crippen LogP) is 1.71. The molecule has 1 unspecified atom stereocenters. The average Bonchev–Trinajstić information content (AvgIpc) is 3.31. The number of ether oxygens (including phenoxy) is 1. The summed E-state index contributed by atoms with van der Waals surface area (Å²) < 4.78 is 10.7. The number of amides is 1. The molecule has 4 rings (SSSR count). The lowest BCUT2D eigenvalue weighted by molar-refractivity contribution is -0.126. The van der Waals surface area contributed by atoms with E-state index in [2.05, 4.69) is 37.2 Å². The van der Waals surface area contributed by atoms with Crippen LogP contribution < -0.4 is 10.1 Å². The maximum Gasteiger partial charge on any atom is 0.241 e. The monoisotopic (exact) mass is 456 g/mol. The molecule has 9 nitrogen and oxygen atoms in total. The van der Waals surface area contributed by atoms with Crippen LogP contribution in [0.1, 0.15) is 25.2 Å². The number of piperazine rings is 1. The van der Waals surface area contributed by atoms with Crippen LogP contribution in [0.3, 0.4) is 0 Å². The summed E-state index contributed by atoms with van der Waals surface area (Å²) >= 11 is 0. The van der Waals surface area contributed by atoms with Gasteiger partial charge in [0, 0.05) is 44.8 Å². The summed E-state index contributed by atoms with van der Waals surface area (Å²) in [5.41, 5.74) is 0.887. The van der Waals surface area contributed by atoms with E-state index >= 15 is 0 Å². The summed E-state index contributed by atoms with van der Waals surface area (Å²) in [5, 5.41) is 7.27. The molecule has 1 N–H and O–H groups in total. The molecule has 0 bridgehead atoms. The van der Waals surface area contributed by atoms with Crippen LogP contribution in [0.2, 0.25) is 0 Å². The third-order valence-electron chi connectivity index (χ3n) is 6.60. The third-order valence-corrected chi connectivity index (χ3v) is 6.60. The minimum atomic E-state index is 0.0198. The van der Waals surface area contributed by atoms with Crippen LogP contribution in [0.5, 0.6) is 5.75 Å². The fraction of sp³-hybridized carbons (Fsp3) is 0.625. The summed E-state index contributed by atoms with van der Waals surface area (Å²) in [6, 6.07) is 7.59. The van der Waals surface area contributed by atoms with Crippen LogP contribution in [0.25, 0.3) is 11.4 Å². The van der Waals surface area contributed by atoms with E-state index in [1.807, 2.05) is 24.3 Å². The highest BCUT2D eigenvalue weighted by Crippen LogP contribution is 2.22. The van der Waals surface area contributed by atoms with Crippen LogP contribution in [0, 0.1) is 5.92 Å². The molecular formula is C24H36N6O3. The van der Waals surface area contributed by atoms with Gasteiger partial charge < -0.3 is 24.4 Å². The Labute approximate surface area is 196 Å². The molecule has 2 fully saturated rings.